The highest BCUT2D eigenvalue weighted by molar-refractivity contribution is 8.13. The van der Waals surface area contributed by atoms with Crippen molar-refractivity contribution in [1.29, 1.82) is 0 Å². The smallest absolute Gasteiger partial charge is 0.411 e. The molecule has 1 N–H and O–H groups in total. The third-order valence-corrected chi connectivity index (χ3v) is 5.78. The Kier molecular flexibility index (Phi) is 8.37. The van der Waals surface area contributed by atoms with Crippen LogP contribution in [0.15, 0.2) is 30.3 Å². The lowest BCUT2D eigenvalue weighted by Gasteiger charge is -2.41. The van der Waals surface area contributed by atoms with Gasteiger partial charge in [-0.15, -0.1) is 0 Å². The molecule has 1 saturated heterocycles. The predicted octanol–water partition coefficient (Wildman–Crippen LogP) is 3.84. The topological polar surface area (TPSA) is 102 Å². The first-order valence-electron chi connectivity index (χ1n) is 9.84. The van der Waals surface area contributed by atoms with E-state index in [0.29, 0.717) is 19.4 Å². The predicted molar refractivity (Wildman–Crippen MR) is 113 cm³/mol. The summed E-state index contributed by atoms with van der Waals surface area (Å²) in [7, 11) is 1.67. The van der Waals surface area contributed by atoms with Crippen molar-refractivity contribution in [3.63, 3.8) is 0 Å². The first-order valence-corrected chi connectivity index (χ1v) is 12.3. The molecule has 2 unspecified atom stereocenters. The molecule has 10 heteroatoms. The van der Waals surface area contributed by atoms with Gasteiger partial charge in [-0.2, -0.15) is 0 Å². The number of alkyl carbamates (subject to hydrolysis) is 1. The van der Waals surface area contributed by atoms with Crippen LogP contribution < -0.4 is 5.32 Å². The highest BCUT2D eigenvalue weighted by atomic mass is 35.7. The first kappa shape index (κ1) is 24.3. The number of ether oxygens (including phenoxy) is 2. The average Bonchev–Trinajstić information content (AvgIpc) is 2.64. The van der Waals surface area contributed by atoms with E-state index in [0.717, 1.165) is 5.56 Å². The Morgan fingerprint density at radius 1 is 1.23 bits per heavy atom. The van der Waals surface area contributed by atoms with Crippen molar-refractivity contribution in [1.82, 2.24) is 10.2 Å². The molecule has 0 spiro atoms. The van der Waals surface area contributed by atoms with Gasteiger partial charge >= 0.3 is 12.2 Å². The van der Waals surface area contributed by atoms with Crippen molar-refractivity contribution in [2.45, 2.75) is 58.4 Å². The fourth-order valence-corrected chi connectivity index (χ4v) is 4.15. The van der Waals surface area contributed by atoms with Gasteiger partial charge in [0.05, 0.1) is 5.75 Å². The van der Waals surface area contributed by atoms with Gasteiger partial charge in [-0.1, -0.05) is 30.3 Å². The van der Waals surface area contributed by atoms with Crippen LogP contribution in [0, 0.1) is 5.92 Å². The normalized spacial score (nSPS) is 19.8. The number of halogens is 1. The lowest BCUT2D eigenvalue weighted by molar-refractivity contribution is 0.0166. The Morgan fingerprint density at radius 3 is 2.50 bits per heavy atom. The molecule has 2 amide bonds. The van der Waals surface area contributed by atoms with Crippen molar-refractivity contribution in [2.24, 2.45) is 5.92 Å². The molecule has 1 aromatic carbocycles. The molecule has 2 rings (SSSR count). The van der Waals surface area contributed by atoms with Crippen molar-refractivity contribution in [2.75, 3.05) is 12.3 Å². The second-order valence-corrected chi connectivity index (χ2v) is 11.2. The van der Waals surface area contributed by atoms with Crippen LogP contribution in [0.3, 0.4) is 0 Å². The molecule has 0 aliphatic carbocycles. The number of likely N-dealkylation sites (tertiary alicyclic amines) is 1. The van der Waals surface area contributed by atoms with Crippen LogP contribution >= 0.6 is 10.7 Å². The van der Waals surface area contributed by atoms with Gasteiger partial charge in [0.2, 0.25) is 9.05 Å². The van der Waals surface area contributed by atoms with Gasteiger partial charge in [0.15, 0.2) is 0 Å². The standard InChI is InChI=1S/C20H29ClN2O6S/c1-20(2,3)29-18(24)22-17-16(11-13-30(21,26)27)10-7-12-23(17)19(25)28-14-15-8-5-4-6-9-15/h4-6,8-9,16-17H,7,10-14H2,1-3H3,(H,22,24). The maximum atomic E-state index is 12.8. The molecular weight excluding hydrogens is 432 g/mol. The Hall–Kier alpha value is -2.00. The Bertz CT molecular complexity index is 825. The molecule has 0 aromatic heterocycles. The van der Waals surface area contributed by atoms with Crippen molar-refractivity contribution >= 4 is 31.9 Å². The van der Waals surface area contributed by atoms with E-state index in [2.05, 4.69) is 5.32 Å². The SMILES string of the molecule is CC(C)(C)OC(=O)NC1C(CCS(=O)(=O)Cl)CCCN1C(=O)OCc1ccccc1. The minimum atomic E-state index is -3.69. The molecule has 1 aliphatic rings. The van der Waals surface area contributed by atoms with E-state index in [4.69, 9.17) is 20.2 Å². The largest absolute Gasteiger partial charge is 0.444 e. The number of piperidine rings is 1. The molecule has 168 valence electrons. The van der Waals surface area contributed by atoms with E-state index < -0.39 is 33.0 Å². The van der Waals surface area contributed by atoms with E-state index in [1.165, 1.54) is 4.90 Å². The highest BCUT2D eigenvalue weighted by Crippen LogP contribution is 2.27. The zero-order valence-corrected chi connectivity index (χ0v) is 19.0. The third kappa shape index (κ3) is 8.39. The average molecular weight is 461 g/mol. The molecule has 2 atom stereocenters. The quantitative estimate of drug-likeness (QED) is 0.647. The summed E-state index contributed by atoms with van der Waals surface area (Å²) in [6.07, 6.45) is -0.535. The maximum absolute atomic E-state index is 12.8. The van der Waals surface area contributed by atoms with Gasteiger partial charge < -0.3 is 14.8 Å². The molecule has 1 fully saturated rings. The van der Waals surface area contributed by atoms with Crippen LogP contribution in [0.4, 0.5) is 9.59 Å². The summed E-state index contributed by atoms with van der Waals surface area (Å²) in [5.41, 5.74) is 0.121. The van der Waals surface area contributed by atoms with Crippen molar-refractivity contribution in [3.05, 3.63) is 35.9 Å². The lowest BCUT2D eigenvalue weighted by Crippen LogP contribution is -2.58. The molecular formula is C20H29ClN2O6S. The number of benzene rings is 1. The minimum Gasteiger partial charge on any atom is -0.444 e. The lowest BCUT2D eigenvalue weighted by atomic mass is 9.92. The summed E-state index contributed by atoms with van der Waals surface area (Å²) >= 11 is 0. The maximum Gasteiger partial charge on any atom is 0.411 e. The zero-order valence-electron chi connectivity index (χ0n) is 17.5. The van der Waals surface area contributed by atoms with Gasteiger partial charge in [-0.05, 0) is 51.5 Å². The highest BCUT2D eigenvalue weighted by Gasteiger charge is 2.37. The first-order chi connectivity index (χ1) is 13.9. The fraction of sp³-hybridized carbons (Fsp3) is 0.600. The van der Waals surface area contributed by atoms with Crippen LogP contribution in [0.25, 0.3) is 0 Å². The second-order valence-electron chi connectivity index (χ2n) is 8.26. The minimum absolute atomic E-state index is 0.0933. The van der Waals surface area contributed by atoms with Gasteiger partial charge in [0.1, 0.15) is 18.4 Å². The molecule has 0 saturated carbocycles. The van der Waals surface area contributed by atoms with Crippen LogP contribution in [-0.4, -0.2) is 49.6 Å². The summed E-state index contributed by atoms with van der Waals surface area (Å²) in [5.74, 6) is -0.553. The fourth-order valence-electron chi connectivity index (χ4n) is 3.30. The summed E-state index contributed by atoms with van der Waals surface area (Å²) < 4.78 is 33.6. The number of nitrogens with zero attached hydrogens (tertiary/aromatic N) is 1. The number of hydrogen-bond donors (Lipinski definition) is 1. The summed E-state index contributed by atoms with van der Waals surface area (Å²) in [5, 5.41) is 2.72. The van der Waals surface area contributed by atoms with Gasteiger partial charge in [-0.3, -0.25) is 4.90 Å². The Labute approximate surface area is 182 Å². The number of hydrogen-bond acceptors (Lipinski definition) is 6. The number of carbonyl (C=O) groups is 2. The molecule has 1 aliphatic heterocycles. The van der Waals surface area contributed by atoms with Crippen LogP contribution in [0.5, 0.6) is 0 Å². The van der Waals surface area contributed by atoms with Crippen molar-refractivity contribution in [3.8, 4) is 0 Å². The number of nitrogens with one attached hydrogen (secondary N) is 1. The van der Waals surface area contributed by atoms with E-state index in [9.17, 15) is 18.0 Å². The van der Waals surface area contributed by atoms with Gasteiger partial charge in [0, 0.05) is 17.2 Å². The molecule has 1 aromatic rings. The van der Waals surface area contributed by atoms with Crippen LogP contribution in [0.1, 0.15) is 45.6 Å². The molecule has 8 nitrogen and oxygen atoms in total. The zero-order chi connectivity index (χ0) is 22.4. The second kappa shape index (κ2) is 10.3. The summed E-state index contributed by atoms with van der Waals surface area (Å²) in [6, 6.07) is 9.24. The molecule has 0 bridgehead atoms. The van der Waals surface area contributed by atoms with Gasteiger partial charge in [-0.25, -0.2) is 18.0 Å². The van der Waals surface area contributed by atoms with Crippen molar-refractivity contribution < 1.29 is 27.5 Å². The number of amides is 2. The number of rotatable bonds is 6. The monoisotopic (exact) mass is 460 g/mol. The molecule has 1 heterocycles. The van der Waals surface area contributed by atoms with E-state index in [1.54, 1.807) is 20.8 Å². The van der Waals surface area contributed by atoms with Gasteiger partial charge in [0.25, 0.3) is 0 Å². The molecule has 30 heavy (non-hydrogen) atoms. The summed E-state index contributed by atoms with van der Waals surface area (Å²) in [4.78, 5) is 26.5. The third-order valence-electron chi connectivity index (χ3n) is 4.59. The molecule has 0 radical (unpaired) electrons. The Morgan fingerprint density at radius 2 is 1.90 bits per heavy atom. The van der Waals surface area contributed by atoms with Crippen LogP contribution in [0.2, 0.25) is 0 Å². The van der Waals surface area contributed by atoms with Crippen LogP contribution in [-0.2, 0) is 25.1 Å². The van der Waals surface area contributed by atoms with E-state index in [-0.39, 0.29) is 24.7 Å². The Balaban J connectivity index is 2.12. The van der Waals surface area contributed by atoms with E-state index >= 15 is 0 Å². The van der Waals surface area contributed by atoms with E-state index in [1.807, 2.05) is 30.3 Å². The number of carbonyl (C=O) groups excluding carboxylic acids is 2. The summed E-state index contributed by atoms with van der Waals surface area (Å²) in [6.45, 7) is 5.67.